The van der Waals surface area contributed by atoms with Gasteiger partial charge >= 0.3 is 0 Å². The molecule has 0 radical (unpaired) electrons. The SMILES string of the molecule is CCNCCC1(c2ccc3ccccc3c2)CCC1. The molecule has 0 bridgehead atoms. The zero-order valence-electron chi connectivity index (χ0n) is 11.8. The van der Waals surface area contributed by atoms with Crippen molar-refractivity contribution in [3.8, 4) is 0 Å². The van der Waals surface area contributed by atoms with E-state index in [2.05, 4.69) is 54.7 Å². The van der Waals surface area contributed by atoms with E-state index in [4.69, 9.17) is 0 Å². The molecule has 100 valence electrons. The molecule has 1 aliphatic carbocycles. The van der Waals surface area contributed by atoms with Crippen molar-refractivity contribution in [3.63, 3.8) is 0 Å². The molecule has 2 aromatic rings. The highest BCUT2D eigenvalue weighted by atomic mass is 14.8. The molecule has 0 heterocycles. The van der Waals surface area contributed by atoms with Crippen molar-refractivity contribution in [2.75, 3.05) is 13.1 Å². The topological polar surface area (TPSA) is 12.0 Å². The maximum Gasteiger partial charge on any atom is -0.00347 e. The average Bonchev–Trinajstić information content (AvgIpc) is 2.41. The van der Waals surface area contributed by atoms with Crippen LogP contribution in [0.2, 0.25) is 0 Å². The highest BCUT2D eigenvalue weighted by Gasteiger charge is 2.37. The number of rotatable bonds is 5. The van der Waals surface area contributed by atoms with Crippen molar-refractivity contribution in [2.24, 2.45) is 0 Å². The third-order valence-electron chi connectivity index (χ3n) is 4.70. The van der Waals surface area contributed by atoms with Gasteiger partial charge in [-0.1, -0.05) is 55.8 Å². The van der Waals surface area contributed by atoms with Crippen LogP contribution >= 0.6 is 0 Å². The maximum atomic E-state index is 3.48. The van der Waals surface area contributed by atoms with E-state index in [-0.39, 0.29) is 0 Å². The van der Waals surface area contributed by atoms with Crippen molar-refractivity contribution < 1.29 is 0 Å². The van der Waals surface area contributed by atoms with Gasteiger partial charge in [-0.2, -0.15) is 0 Å². The van der Waals surface area contributed by atoms with Crippen LogP contribution in [0.15, 0.2) is 42.5 Å². The second kappa shape index (κ2) is 5.34. The van der Waals surface area contributed by atoms with Crippen molar-refractivity contribution in [1.29, 1.82) is 0 Å². The minimum absolute atomic E-state index is 0.451. The second-order valence-corrected chi connectivity index (χ2v) is 5.80. The molecule has 0 unspecified atom stereocenters. The first-order valence-corrected chi connectivity index (χ1v) is 7.54. The van der Waals surface area contributed by atoms with E-state index in [0.29, 0.717) is 5.41 Å². The molecule has 1 nitrogen and oxygen atoms in total. The Morgan fingerprint density at radius 3 is 2.53 bits per heavy atom. The van der Waals surface area contributed by atoms with Gasteiger partial charge in [0.2, 0.25) is 0 Å². The second-order valence-electron chi connectivity index (χ2n) is 5.80. The lowest BCUT2D eigenvalue weighted by Crippen LogP contribution is -2.37. The number of hydrogen-bond donors (Lipinski definition) is 1. The molecule has 1 aliphatic rings. The standard InChI is InChI=1S/C18H23N/c1-2-19-13-12-18(10-5-11-18)17-9-8-15-6-3-4-7-16(15)14-17/h3-4,6-9,14,19H,2,5,10-13H2,1H3. The molecule has 1 N–H and O–H groups in total. The molecular weight excluding hydrogens is 230 g/mol. The lowest BCUT2D eigenvalue weighted by atomic mass is 9.62. The highest BCUT2D eigenvalue weighted by molar-refractivity contribution is 5.83. The minimum Gasteiger partial charge on any atom is -0.317 e. The number of hydrogen-bond acceptors (Lipinski definition) is 1. The van der Waals surface area contributed by atoms with Gasteiger partial charge in [-0.05, 0) is 54.1 Å². The Morgan fingerprint density at radius 2 is 1.84 bits per heavy atom. The number of benzene rings is 2. The van der Waals surface area contributed by atoms with E-state index >= 15 is 0 Å². The van der Waals surface area contributed by atoms with Crippen LogP contribution in [0.3, 0.4) is 0 Å². The first kappa shape index (κ1) is 12.7. The van der Waals surface area contributed by atoms with Crippen molar-refractivity contribution >= 4 is 10.8 Å². The Balaban J connectivity index is 1.88. The predicted molar refractivity (Wildman–Crippen MR) is 82.6 cm³/mol. The van der Waals surface area contributed by atoms with E-state index in [1.165, 1.54) is 36.5 Å². The van der Waals surface area contributed by atoms with Crippen molar-refractivity contribution in [2.45, 2.75) is 38.0 Å². The molecule has 0 atom stereocenters. The molecule has 19 heavy (non-hydrogen) atoms. The summed E-state index contributed by atoms with van der Waals surface area (Å²) in [4.78, 5) is 0. The molecule has 1 fully saturated rings. The largest absolute Gasteiger partial charge is 0.317 e. The van der Waals surface area contributed by atoms with Gasteiger partial charge in [0.15, 0.2) is 0 Å². The number of nitrogens with one attached hydrogen (secondary N) is 1. The number of fused-ring (bicyclic) bond motifs is 1. The molecule has 0 amide bonds. The summed E-state index contributed by atoms with van der Waals surface area (Å²) in [5, 5.41) is 6.22. The lowest BCUT2D eigenvalue weighted by molar-refractivity contribution is 0.224. The Hall–Kier alpha value is -1.34. The van der Waals surface area contributed by atoms with Gasteiger partial charge in [-0.15, -0.1) is 0 Å². The fourth-order valence-corrected chi connectivity index (χ4v) is 3.31. The Bertz CT molecular complexity index is 554. The van der Waals surface area contributed by atoms with Gasteiger partial charge in [0.25, 0.3) is 0 Å². The highest BCUT2D eigenvalue weighted by Crippen LogP contribution is 2.46. The molecular formula is C18H23N. The summed E-state index contributed by atoms with van der Waals surface area (Å²) in [6.45, 7) is 4.40. The maximum absolute atomic E-state index is 3.48. The summed E-state index contributed by atoms with van der Waals surface area (Å²) in [7, 11) is 0. The Morgan fingerprint density at radius 1 is 1.05 bits per heavy atom. The zero-order chi connectivity index (χ0) is 13.1. The Kier molecular flexibility index (Phi) is 3.56. The molecule has 3 rings (SSSR count). The first-order valence-electron chi connectivity index (χ1n) is 7.54. The van der Waals surface area contributed by atoms with Crippen LogP contribution in [0, 0.1) is 0 Å². The molecule has 1 heteroatoms. The normalized spacial score (nSPS) is 17.3. The van der Waals surface area contributed by atoms with E-state index < -0.39 is 0 Å². The van der Waals surface area contributed by atoms with Crippen LogP contribution < -0.4 is 5.32 Å². The van der Waals surface area contributed by atoms with E-state index in [9.17, 15) is 0 Å². The zero-order valence-corrected chi connectivity index (χ0v) is 11.8. The third kappa shape index (κ3) is 2.40. The van der Waals surface area contributed by atoms with Gasteiger partial charge in [-0.25, -0.2) is 0 Å². The summed E-state index contributed by atoms with van der Waals surface area (Å²) in [5.41, 5.74) is 2.00. The molecule has 2 aromatic carbocycles. The fourth-order valence-electron chi connectivity index (χ4n) is 3.31. The van der Waals surface area contributed by atoms with Crippen molar-refractivity contribution in [1.82, 2.24) is 5.32 Å². The van der Waals surface area contributed by atoms with Gasteiger partial charge < -0.3 is 5.32 Å². The lowest BCUT2D eigenvalue weighted by Gasteiger charge is -2.43. The molecule has 0 aliphatic heterocycles. The summed E-state index contributed by atoms with van der Waals surface area (Å²) < 4.78 is 0. The summed E-state index contributed by atoms with van der Waals surface area (Å²) >= 11 is 0. The van der Waals surface area contributed by atoms with Gasteiger partial charge in [-0.3, -0.25) is 0 Å². The fraction of sp³-hybridized carbons (Fsp3) is 0.444. The van der Waals surface area contributed by atoms with Gasteiger partial charge in [0, 0.05) is 0 Å². The average molecular weight is 253 g/mol. The first-order chi connectivity index (χ1) is 9.34. The van der Waals surface area contributed by atoms with Crippen LogP contribution in [0.1, 0.15) is 38.2 Å². The Labute approximate surface area is 116 Å². The van der Waals surface area contributed by atoms with Crippen LogP contribution in [0.25, 0.3) is 10.8 Å². The van der Waals surface area contributed by atoms with Gasteiger partial charge in [0.1, 0.15) is 0 Å². The summed E-state index contributed by atoms with van der Waals surface area (Å²) in [6, 6.07) is 15.7. The smallest absolute Gasteiger partial charge is 0.00347 e. The molecule has 0 saturated heterocycles. The van der Waals surface area contributed by atoms with Crippen LogP contribution in [0.4, 0.5) is 0 Å². The van der Waals surface area contributed by atoms with Crippen LogP contribution in [-0.4, -0.2) is 13.1 Å². The monoisotopic (exact) mass is 253 g/mol. The summed E-state index contributed by atoms with van der Waals surface area (Å²) in [5.74, 6) is 0. The molecule has 0 spiro atoms. The van der Waals surface area contributed by atoms with Gasteiger partial charge in [0.05, 0.1) is 0 Å². The van der Waals surface area contributed by atoms with E-state index in [1.54, 1.807) is 5.56 Å². The predicted octanol–water partition coefficient (Wildman–Crippen LogP) is 4.26. The molecule has 1 saturated carbocycles. The molecule has 0 aromatic heterocycles. The third-order valence-corrected chi connectivity index (χ3v) is 4.70. The van der Waals surface area contributed by atoms with E-state index in [1.807, 2.05) is 0 Å². The van der Waals surface area contributed by atoms with Crippen LogP contribution in [0.5, 0.6) is 0 Å². The van der Waals surface area contributed by atoms with Crippen LogP contribution in [-0.2, 0) is 5.41 Å². The minimum atomic E-state index is 0.451. The van der Waals surface area contributed by atoms with Crippen molar-refractivity contribution in [3.05, 3.63) is 48.0 Å². The van der Waals surface area contributed by atoms with E-state index in [0.717, 1.165) is 13.1 Å². The summed E-state index contributed by atoms with van der Waals surface area (Å²) in [6.07, 6.45) is 5.38. The quantitative estimate of drug-likeness (QED) is 0.785.